The minimum absolute atomic E-state index is 0.0677. The van der Waals surface area contributed by atoms with Crippen molar-refractivity contribution in [3.05, 3.63) is 66.2 Å². The zero-order valence-electron chi connectivity index (χ0n) is 13.6. The van der Waals surface area contributed by atoms with E-state index in [4.69, 9.17) is 12.2 Å². The average molecular weight is 357 g/mol. The van der Waals surface area contributed by atoms with Gasteiger partial charge in [-0.1, -0.05) is 48.6 Å². The molecule has 124 valence electrons. The van der Waals surface area contributed by atoms with E-state index in [1.807, 2.05) is 84.4 Å². The molecule has 0 saturated carbocycles. The molecule has 0 bridgehead atoms. The molecule has 3 nitrogen and oxygen atoms in total. The third-order valence-corrected chi connectivity index (χ3v) is 6.12. The van der Waals surface area contributed by atoms with Crippen molar-refractivity contribution in [2.24, 2.45) is 0 Å². The van der Waals surface area contributed by atoms with E-state index in [0.717, 1.165) is 28.6 Å². The summed E-state index contributed by atoms with van der Waals surface area (Å²) in [6, 6.07) is 19.3. The highest BCUT2D eigenvalue weighted by atomic mass is 32.2. The van der Waals surface area contributed by atoms with E-state index in [-0.39, 0.29) is 5.91 Å². The molecule has 0 aliphatic carbocycles. The van der Waals surface area contributed by atoms with Gasteiger partial charge >= 0.3 is 0 Å². The van der Waals surface area contributed by atoms with Gasteiger partial charge in [0.1, 0.15) is 10.5 Å². The number of hydrogen-bond donors (Lipinski definition) is 1. The maximum atomic E-state index is 12.7. The lowest BCUT2D eigenvalue weighted by atomic mass is 9.96. The number of para-hydroxylation sites is 1. The van der Waals surface area contributed by atoms with E-state index in [2.05, 4.69) is 5.32 Å². The maximum absolute atomic E-state index is 12.7. The fraction of sp³-hybridized carbons (Fsp3) is 0.263. The van der Waals surface area contributed by atoms with Gasteiger partial charge < -0.3 is 10.2 Å². The van der Waals surface area contributed by atoms with Crippen molar-refractivity contribution in [1.82, 2.24) is 5.32 Å². The molecule has 3 rings (SSSR count). The highest BCUT2D eigenvalue weighted by Gasteiger charge is 2.42. The zero-order valence-corrected chi connectivity index (χ0v) is 15.2. The van der Waals surface area contributed by atoms with Gasteiger partial charge in [-0.05, 0) is 36.4 Å². The number of anilines is 1. The second-order valence-corrected chi connectivity index (χ2v) is 7.40. The van der Waals surface area contributed by atoms with E-state index < -0.39 is 5.54 Å². The first-order valence-electron chi connectivity index (χ1n) is 7.91. The van der Waals surface area contributed by atoms with Gasteiger partial charge in [0.25, 0.3) is 5.91 Å². The van der Waals surface area contributed by atoms with Crippen LogP contribution < -0.4 is 10.2 Å². The Kier molecular flexibility index (Phi) is 5.21. The quantitative estimate of drug-likeness (QED) is 0.846. The molecular weight excluding hydrogens is 336 g/mol. The van der Waals surface area contributed by atoms with E-state index >= 15 is 0 Å². The Balaban J connectivity index is 1.83. The number of likely N-dealkylation sites (N-methyl/N-ethyl adjacent to an activating group) is 1. The summed E-state index contributed by atoms with van der Waals surface area (Å²) in [7, 11) is 1.97. The maximum Gasteiger partial charge on any atom is 0.252 e. The molecule has 1 aliphatic rings. The average Bonchev–Trinajstić information content (AvgIpc) is 3.11. The molecule has 1 heterocycles. The third-order valence-electron chi connectivity index (χ3n) is 4.27. The first-order chi connectivity index (χ1) is 11.6. The molecule has 24 heavy (non-hydrogen) atoms. The molecule has 1 atom stereocenters. The number of carbonyl (C=O) groups excluding carboxylic acids is 1. The Morgan fingerprint density at radius 2 is 1.75 bits per heavy atom. The van der Waals surface area contributed by atoms with Gasteiger partial charge in [-0.2, -0.15) is 11.8 Å². The van der Waals surface area contributed by atoms with Gasteiger partial charge in [-0.25, -0.2) is 0 Å². The molecule has 1 saturated heterocycles. The minimum atomic E-state index is -0.475. The Labute approximate surface area is 152 Å². The molecule has 1 aliphatic heterocycles. The van der Waals surface area contributed by atoms with E-state index in [1.54, 1.807) is 0 Å². The normalized spacial score (nSPS) is 19.7. The van der Waals surface area contributed by atoms with Crippen LogP contribution >= 0.6 is 24.0 Å². The Morgan fingerprint density at radius 1 is 1.12 bits per heavy atom. The molecule has 0 spiro atoms. The first kappa shape index (κ1) is 17.0. The van der Waals surface area contributed by atoms with Gasteiger partial charge in [0.05, 0.1) is 0 Å². The lowest BCUT2D eigenvalue weighted by Gasteiger charge is -2.35. The number of benzene rings is 2. The van der Waals surface area contributed by atoms with Crippen molar-refractivity contribution < 1.29 is 4.79 Å². The number of nitrogens with one attached hydrogen (secondary N) is 1. The second-order valence-electron chi connectivity index (χ2n) is 5.90. The van der Waals surface area contributed by atoms with E-state index in [9.17, 15) is 4.79 Å². The smallest absolute Gasteiger partial charge is 0.252 e. The van der Waals surface area contributed by atoms with Crippen LogP contribution in [0, 0.1) is 0 Å². The Bertz CT molecular complexity index is 713. The summed E-state index contributed by atoms with van der Waals surface area (Å²) >= 11 is 7.63. The molecule has 1 amide bonds. The molecule has 2 aromatic carbocycles. The first-order valence-corrected chi connectivity index (χ1v) is 9.47. The summed E-state index contributed by atoms with van der Waals surface area (Å²) in [5.74, 6) is 1.74. The van der Waals surface area contributed by atoms with E-state index in [1.165, 1.54) is 0 Å². The molecule has 5 heteroatoms. The highest BCUT2D eigenvalue weighted by molar-refractivity contribution is 7.99. The second kappa shape index (κ2) is 7.36. The van der Waals surface area contributed by atoms with E-state index in [0.29, 0.717) is 5.56 Å². The third kappa shape index (κ3) is 3.47. The van der Waals surface area contributed by atoms with Crippen molar-refractivity contribution in [1.29, 1.82) is 0 Å². The summed E-state index contributed by atoms with van der Waals surface area (Å²) in [6.45, 7) is 0. The van der Waals surface area contributed by atoms with Gasteiger partial charge in [-0.3, -0.25) is 4.79 Å². The van der Waals surface area contributed by atoms with Gasteiger partial charge in [0, 0.05) is 24.1 Å². The van der Waals surface area contributed by atoms with Crippen molar-refractivity contribution in [3.8, 4) is 0 Å². The molecular formula is C19H20N2OS2. The van der Waals surface area contributed by atoms with Crippen LogP contribution in [0.3, 0.4) is 0 Å². The monoisotopic (exact) mass is 356 g/mol. The Morgan fingerprint density at radius 3 is 2.33 bits per heavy atom. The number of carbonyl (C=O) groups is 1. The van der Waals surface area contributed by atoms with Crippen LogP contribution in [0.2, 0.25) is 0 Å². The Hall–Kier alpha value is -1.85. The fourth-order valence-electron chi connectivity index (χ4n) is 2.85. The SMILES string of the molecule is CN(C(=S)C1(NC(=O)c2ccccc2)CCSC1)c1ccccc1. The molecule has 0 radical (unpaired) electrons. The predicted octanol–water partition coefficient (Wildman–Crippen LogP) is 3.76. The van der Waals surface area contributed by atoms with Crippen LogP contribution in [-0.2, 0) is 0 Å². The standard InChI is InChI=1S/C19H20N2OS2/c1-21(16-10-6-3-7-11-16)18(23)19(12-13-24-14-19)20-17(22)15-8-4-2-5-9-15/h2-11H,12-14H2,1H3,(H,20,22). The fourth-order valence-corrected chi connectivity index (χ4v) is 4.62. The lowest BCUT2D eigenvalue weighted by Crippen LogP contribution is -2.58. The molecule has 1 unspecified atom stereocenters. The summed E-state index contributed by atoms with van der Waals surface area (Å²) in [5.41, 5.74) is 1.23. The number of amides is 1. The van der Waals surface area contributed by atoms with Crippen LogP contribution in [0.15, 0.2) is 60.7 Å². The van der Waals surface area contributed by atoms with Crippen LogP contribution in [0.1, 0.15) is 16.8 Å². The van der Waals surface area contributed by atoms with Crippen molar-refractivity contribution in [3.63, 3.8) is 0 Å². The molecule has 0 aromatic heterocycles. The summed E-state index contributed by atoms with van der Waals surface area (Å²) in [4.78, 5) is 15.4. The van der Waals surface area contributed by atoms with Crippen molar-refractivity contribution in [2.45, 2.75) is 12.0 Å². The van der Waals surface area contributed by atoms with Crippen LogP contribution in [0.4, 0.5) is 5.69 Å². The number of thioether (sulfide) groups is 1. The zero-order chi connectivity index (χ0) is 17.0. The van der Waals surface area contributed by atoms with Gasteiger partial charge in [0.2, 0.25) is 0 Å². The minimum Gasteiger partial charge on any atom is -0.339 e. The van der Waals surface area contributed by atoms with Gasteiger partial charge in [-0.15, -0.1) is 0 Å². The number of nitrogens with zero attached hydrogens (tertiary/aromatic N) is 1. The summed E-state index contributed by atoms with van der Waals surface area (Å²) in [6.07, 6.45) is 0.853. The number of hydrogen-bond acceptors (Lipinski definition) is 3. The van der Waals surface area contributed by atoms with Gasteiger partial charge in [0.15, 0.2) is 0 Å². The molecule has 1 fully saturated rings. The molecule has 1 N–H and O–H groups in total. The van der Waals surface area contributed by atoms with Crippen molar-refractivity contribution in [2.75, 3.05) is 23.5 Å². The van der Waals surface area contributed by atoms with Crippen LogP contribution in [-0.4, -0.2) is 35.0 Å². The van der Waals surface area contributed by atoms with Crippen molar-refractivity contribution >= 4 is 40.6 Å². The summed E-state index contributed by atoms with van der Waals surface area (Å²) in [5, 5.41) is 3.22. The largest absolute Gasteiger partial charge is 0.339 e. The summed E-state index contributed by atoms with van der Waals surface area (Å²) < 4.78 is 0. The van der Waals surface area contributed by atoms with Crippen LogP contribution in [0.5, 0.6) is 0 Å². The number of rotatable bonds is 4. The lowest BCUT2D eigenvalue weighted by molar-refractivity contribution is 0.0929. The number of thiocarbonyl (C=S) groups is 1. The topological polar surface area (TPSA) is 32.3 Å². The van der Waals surface area contributed by atoms with Crippen LogP contribution in [0.25, 0.3) is 0 Å². The molecule has 2 aromatic rings. The predicted molar refractivity (Wildman–Crippen MR) is 106 cm³/mol. The highest BCUT2D eigenvalue weighted by Crippen LogP contribution is 2.32.